The molecule has 0 aromatic heterocycles. The van der Waals surface area contributed by atoms with Gasteiger partial charge in [0.15, 0.2) is 0 Å². The van der Waals surface area contributed by atoms with Crippen LogP contribution in [0, 0.1) is 11.8 Å². The van der Waals surface area contributed by atoms with Crippen LogP contribution in [0.15, 0.2) is 0 Å². The number of piperidine rings is 1. The van der Waals surface area contributed by atoms with Gasteiger partial charge in [0.05, 0.1) is 0 Å². The predicted octanol–water partition coefficient (Wildman–Crippen LogP) is 2.64. The maximum atomic E-state index is 3.73. The Morgan fingerprint density at radius 1 is 0.941 bits per heavy atom. The number of nitrogens with one attached hydrogen (secondary N) is 1. The van der Waals surface area contributed by atoms with Crippen molar-refractivity contribution in [1.29, 1.82) is 0 Å². The Kier molecular flexibility index (Phi) is 3.72. The van der Waals surface area contributed by atoms with Gasteiger partial charge in [0.2, 0.25) is 0 Å². The molecule has 2 saturated heterocycles. The predicted molar refractivity (Wildman–Crippen MR) is 72.1 cm³/mol. The lowest BCUT2D eigenvalue weighted by Gasteiger charge is -2.26. The summed E-state index contributed by atoms with van der Waals surface area (Å²) in [6.07, 6.45) is 10.2. The van der Waals surface area contributed by atoms with Gasteiger partial charge in [-0.15, -0.1) is 0 Å². The molecule has 0 spiro atoms. The van der Waals surface area contributed by atoms with Gasteiger partial charge >= 0.3 is 0 Å². The molecule has 1 saturated carbocycles. The zero-order chi connectivity index (χ0) is 11.7. The minimum Gasteiger partial charge on any atom is -0.312 e. The van der Waals surface area contributed by atoms with Crippen molar-refractivity contribution < 1.29 is 0 Å². The molecular weight excluding hydrogens is 208 g/mol. The Hall–Kier alpha value is -0.0800. The summed E-state index contributed by atoms with van der Waals surface area (Å²) >= 11 is 0. The van der Waals surface area contributed by atoms with E-state index < -0.39 is 0 Å². The van der Waals surface area contributed by atoms with Crippen molar-refractivity contribution in [3.63, 3.8) is 0 Å². The molecule has 0 radical (unpaired) electrons. The summed E-state index contributed by atoms with van der Waals surface area (Å²) in [7, 11) is 0. The van der Waals surface area contributed by atoms with Crippen LogP contribution in [0.1, 0.15) is 51.9 Å². The van der Waals surface area contributed by atoms with Crippen LogP contribution in [0.2, 0.25) is 0 Å². The number of fused-ring (bicyclic) bond motifs is 1. The fourth-order valence-corrected chi connectivity index (χ4v) is 4.21. The molecule has 17 heavy (non-hydrogen) atoms. The molecule has 0 bridgehead atoms. The molecule has 4 unspecified atom stereocenters. The lowest BCUT2D eigenvalue weighted by atomic mass is 9.94. The molecule has 1 aliphatic carbocycles. The Morgan fingerprint density at radius 3 is 2.76 bits per heavy atom. The van der Waals surface area contributed by atoms with Crippen LogP contribution in [0.3, 0.4) is 0 Å². The maximum Gasteiger partial charge on any atom is 0.0235 e. The molecule has 2 heterocycles. The van der Waals surface area contributed by atoms with Gasteiger partial charge < -0.3 is 5.32 Å². The second kappa shape index (κ2) is 5.27. The first kappa shape index (κ1) is 12.0. The summed E-state index contributed by atoms with van der Waals surface area (Å²) in [5.74, 6) is 1.94. The van der Waals surface area contributed by atoms with E-state index in [0.29, 0.717) is 0 Å². The summed E-state index contributed by atoms with van der Waals surface area (Å²) < 4.78 is 0. The Balaban J connectivity index is 1.57. The zero-order valence-corrected chi connectivity index (χ0v) is 11.3. The fourth-order valence-electron chi connectivity index (χ4n) is 4.21. The van der Waals surface area contributed by atoms with E-state index in [2.05, 4.69) is 17.1 Å². The van der Waals surface area contributed by atoms with Gasteiger partial charge in [-0.2, -0.15) is 0 Å². The zero-order valence-electron chi connectivity index (χ0n) is 11.3. The molecule has 0 aromatic rings. The Bertz CT molecular complexity index is 239. The van der Waals surface area contributed by atoms with Crippen LogP contribution in [-0.4, -0.2) is 36.6 Å². The van der Waals surface area contributed by atoms with Crippen molar-refractivity contribution >= 4 is 0 Å². The first-order valence-electron chi connectivity index (χ1n) is 7.80. The SMILES string of the molecule is CC1CCCC(N2CC3CCCNC3C2)CC1. The minimum absolute atomic E-state index is 0.824. The average molecular weight is 236 g/mol. The van der Waals surface area contributed by atoms with Crippen molar-refractivity contribution in [2.75, 3.05) is 19.6 Å². The molecule has 4 atom stereocenters. The number of nitrogens with zero attached hydrogens (tertiary/aromatic N) is 1. The van der Waals surface area contributed by atoms with Gasteiger partial charge in [-0.25, -0.2) is 0 Å². The first-order valence-corrected chi connectivity index (χ1v) is 7.80. The summed E-state index contributed by atoms with van der Waals surface area (Å²) in [5, 5.41) is 3.73. The van der Waals surface area contributed by atoms with Crippen LogP contribution < -0.4 is 5.32 Å². The molecule has 98 valence electrons. The summed E-state index contributed by atoms with van der Waals surface area (Å²) in [6, 6.07) is 1.73. The quantitative estimate of drug-likeness (QED) is 0.704. The topological polar surface area (TPSA) is 15.3 Å². The third-order valence-corrected chi connectivity index (χ3v) is 5.37. The van der Waals surface area contributed by atoms with Gasteiger partial charge in [0, 0.05) is 25.2 Å². The summed E-state index contributed by atoms with van der Waals surface area (Å²) in [6.45, 7) is 6.42. The third kappa shape index (κ3) is 2.68. The normalized spacial score (nSPS) is 44.3. The molecule has 3 aliphatic rings. The standard InChI is InChI=1S/C15H28N2/c1-12-4-2-6-14(8-7-12)17-10-13-5-3-9-16-15(13)11-17/h12-16H,2-11H2,1H3. The highest BCUT2D eigenvalue weighted by molar-refractivity contribution is 4.94. The molecule has 2 heteroatoms. The average Bonchev–Trinajstić information content (AvgIpc) is 2.65. The van der Waals surface area contributed by atoms with Crippen molar-refractivity contribution in [2.24, 2.45) is 11.8 Å². The van der Waals surface area contributed by atoms with Gasteiger partial charge in [0.1, 0.15) is 0 Å². The highest BCUT2D eigenvalue weighted by atomic mass is 15.2. The minimum atomic E-state index is 0.824. The molecule has 1 N–H and O–H groups in total. The van der Waals surface area contributed by atoms with Crippen molar-refractivity contribution in [3.05, 3.63) is 0 Å². The summed E-state index contributed by atoms with van der Waals surface area (Å²) in [5.41, 5.74) is 0. The maximum absolute atomic E-state index is 3.73. The monoisotopic (exact) mass is 236 g/mol. The van der Waals surface area contributed by atoms with Crippen molar-refractivity contribution in [1.82, 2.24) is 10.2 Å². The number of hydrogen-bond acceptors (Lipinski definition) is 2. The van der Waals surface area contributed by atoms with Gasteiger partial charge in [-0.3, -0.25) is 4.90 Å². The Morgan fingerprint density at radius 2 is 1.88 bits per heavy atom. The van der Waals surface area contributed by atoms with E-state index in [-0.39, 0.29) is 0 Å². The molecule has 3 rings (SSSR count). The molecular formula is C15H28N2. The van der Waals surface area contributed by atoms with Gasteiger partial charge in [-0.05, 0) is 50.5 Å². The third-order valence-electron chi connectivity index (χ3n) is 5.37. The summed E-state index contributed by atoms with van der Waals surface area (Å²) in [4.78, 5) is 2.83. The van der Waals surface area contributed by atoms with E-state index in [1.54, 1.807) is 0 Å². The fraction of sp³-hybridized carbons (Fsp3) is 1.00. The molecule has 2 aliphatic heterocycles. The van der Waals surface area contributed by atoms with Crippen LogP contribution in [-0.2, 0) is 0 Å². The lowest BCUT2D eigenvalue weighted by Crippen LogP contribution is -2.41. The molecule has 3 fully saturated rings. The van der Waals surface area contributed by atoms with Crippen LogP contribution in [0.5, 0.6) is 0 Å². The van der Waals surface area contributed by atoms with Crippen molar-refractivity contribution in [2.45, 2.75) is 64.0 Å². The Labute approximate surface area is 106 Å². The molecule has 0 amide bonds. The van der Waals surface area contributed by atoms with E-state index in [0.717, 1.165) is 23.9 Å². The number of rotatable bonds is 1. The van der Waals surface area contributed by atoms with E-state index in [1.165, 1.54) is 64.6 Å². The second-order valence-electron chi connectivity index (χ2n) is 6.68. The van der Waals surface area contributed by atoms with E-state index in [1.807, 2.05) is 0 Å². The largest absolute Gasteiger partial charge is 0.312 e. The number of hydrogen-bond donors (Lipinski definition) is 1. The highest BCUT2D eigenvalue weighted by Crippen LogP contribution is 2.32. The van der Waals surface area contributed by atoms with Gasteiger partial charge in [-0.1, -0.05) is 19.8 Å². The molecule has 2 nitrogen and oxygen atoms in total. The number of likely N-dealkylation sites (tertiary alicyclic amines) is 1. The van der Waals surface area contributed by atoms with E-state index in [9.17, 15) is 0 Å². The van der Waals surface area contributed by atoms with Crippen LogP contribution >= 0.6 is 0 Å². The molecule has 0 aromatic carbocycles. The van der Waals surface area contributed by atoms with E-state index in [4.69, 9.17) is 0 Å². The van der Waals surface area contributed by atoms with Crippen molar-refractivity contribution in [3.8, 4) is 0 Å². The van der Waals surface area contributed by atoms with E-state index >= 15 is 0 Å². The lowest BCUT2D eigenvalue weighted by molar-refractivity contribution is 0.210. The first-order chi connectivity index (χ1) is 8.33. The van der Waals surface area contributed by atoms with Crippen LogP contribution in [0.25, 0.3) is 0 Å². The second-order valence-corrected chi connectivity index (χ2v) is 6.68. The van der Waals surface area contributed by atoms with Gasteiger partial charge in [0.25, 0.3) is 0 Å². The smallest absolute Gasteiger partial charge is 0.0235 e. The van der Waals surface area contributed by atoms with Crippen LogP contribution in [0.4, 0.5) is 0 Å². The highest BCUT2D eigenvalue weighted by Gasteiger charge is 2.37.